The summed E-state index contributed by atoms with van der Waals surface area (Å²) in [6, 6.07) is 11.6. The molecule has 0 fully saturated rings. The topological polar surface area (TPSA) is 49.3 Å². The minimum atomic E-state index is -1.21. The lowest BCUT2D eigenvalue weighted by Crippen LogP contribution is -2.08. The average molecular weight is 245 g/mol. The summed E-state index contributed by atoms with van der Waals surface area (Å²) < 4.78 is 13.1. The highest BCUT2D eigenvalue weighted by Gasteiger charge is 2.08. The second-order valence-electron chi connectivity index (χ2n) is 3.99. The zero-order chi connectivity index (χ0) is 13.1. The van der Waals surface area contributed by atoms with Crippen molar-refractivity contribution in [1.82, 2.24) is 0 Å². The van der Waals surface area contributed by atoms with E-state index in [1.54, 1.807) is 6.07 Å². The molecular weight excluding hydrogens is 233 g/mol. The fourth-order valence-corrected chi connectivity index (χ4v) is 1.72. The first-order valence-electron chi connectivity index (χ1n) is 5.43. The summed E-state index contributed by atoms with van der Waals surface area (Å²) in [5, 5.41) is 10.9. The van der Waals surface area contributed by atoms with Gasteiger partial charge >= 0.3 is 6.09 Å². The van der Waals surface area contributed by atoms with Crippen LogP contribution in [-0.2, 0) is 0 Å². The zero-order valence-corrected chi connectivity index (χ0v) is 9.77. The van der Waals surface area contributed by atoms with Gasteiger partial charge in [-0.05, 0) is 30.7 Å². The molecule has 18 heavy (non-hydrogen) atoms. The predicted molar refractivity (Wildman–Crippen MR) is 68.2 cm³/mol. The van der Waals surface area contributed by atoms with Crippen molar-refractivity contribution in [3.8, 4) is 11.1 Å². The number of hydrogen-bond acceptors (Lipinski definition) is 1. The lowest BCUT2D eigenvalue weighted by Gasteiger charge is -2.09. The van der Waals surface area contributed by atoms with Crippen LogP contribution in [0.1, 0.15) is 5.56 Å². The number of aryl methyl sites for hydroxylation is 1. The molecule has 0 spiro atoms. The van der Waals surface area contributed by atoms with Crippen LogP contribution >= 0.6 is 0 Å². The van der Waals surface area contributed by atoms with Gasteiger partial charge in [0.1, 0.15) is 5.82 Å². The lowest BCUT2D eigenvalue weighted by molar-refractivity contribution is 0.210. The molecule has 2 aromatic rings. The van der Waals surface area contributed by atoms with Gasteiger partial charge in [0.15, 0.2) is 0 Å². The van der Waals surface area contributed by atoms with Gasteiger partial charge < -0.3 is 5.11 Å². The van der Waals surface area contributed by atoms with Crippen molar-refractivity contribution in [3.05, 3.63) is 53.8 Å². The summed E-state index contributed by atoms with van der Waals surface area (Å²) in [4.78, 5) is 10.7. The van der Waals surface area contributed by atoms with Crippen molar-refractivity contribution in [2.75, 3.05) is 5.32 Å². The van der Waals surface area contributed by atoms with Crippen LogP contribution in [0.15, 0.2) is 42.5 Å². The van der Waals surface area contributed by atoms with Crippen LogP contribution in [0.5, 0.6) is 0 Å². The molecule has 0 aliphatic carbocycles. The molecule has 2 aromatic carbocycles. The van der Waals surface area contributed by atoms with Crippen LogP contribution in [0, 0.1) is 12.7 Å². The van der Waals surface area contributed by atoms with E-state index in [2.05, 4.69) is 5.32 Å². The molecule has 0 radical (unpaired) electrons. The lowest BCUT2D eigenvalue weighted by atomic mass is 10.0. The number of amides is 1. The summed E-state index contributed by atoms with van der Waals surface area (Å²) in [5.41, 5.74) is 2.84. The van der Waals surface area contributed by atoms with E-state index in [-0.39, 0.29) is 5.69 Å². The molecule has 4 heteroatoms. The Morgan fingerprint density at radius 3 is 2.44 bits per heavy atom. The highest BCUT2D eigenvalue weighted by molar-refractivity contribution is 5.90. The Kier molecular flexibility index (Phi) is 3.28. The number of carboxylic acid groups (broad SMARTS) is 1. The van der Waals surface area contributed by atoms with Crippen LogP contribution in [0.2, 0.25) is 0 Å². The smallest absolute Gasteiger partial charge is 0.409 e. The first kappa shape index (κ1) is 12.1. The largest absolute Gasteiger partial charge is 0.465 e. The first-order chi connectivity index (χ1) is 8.56. The van der Waals surface area contributed by atoms with E-state index >= 15 is 0 Å². The summed E-state index contributed by atoms with van der Waals surface area (Å²) in [6.45, 7) is 1.96. The molecule has 0 saturated carbocycles. The third-order valence-corrected chi connectivity index (χ3v) is 2.59. The number of anilines is 1. The fourth-order valence-electron chi connectivity index (χ4n) is 1.72. The third-order valence-electron chi connectivity index (χ3n) is 2.59. The Balaban J connectivity index is 2.49. The summed E-state index contributed by atoms with van der Waals surface area (Å²) in [7, 11) is 0. The Labute approximate surface area is 104 Å². The standard InChI is InChI=1S/C14H12FNO2/c1-9-2-4-10(5-3-9)12-7-6-11(15)8-13(12)16-14(17)18/h2-8,16H,1H3,(H,17,18). The molecular formula is C14H12FNO2. The van der Waals surface area contributed by atoms with Crippen LogP contribution in [0.4, 0.5) is 14.9 Å². The van der Waals surface area contributed by atoms with Crippen molar-refractivity contribution in [2.24, 2.45) is 0 Å². The Bertz CT molecular complexity index is 579. The first-order valence-corrected chi connectivity index (χ1v) is 5.43. The third kappa shape index (κ3) is 2.66. The Morgan fingerprint density at radius 2 is 1.83 bits per heavy atom. The molecule has 0 heterocycles. The average Bonchev–Trinajstić information content (AvgIpc) is 2.30. The maximum absolute atomic E-state index is 13.1. The number of nitrogens with one attached hydrogen (secondary N) is 1. The summed E-state index contributed by atoms with van der Waals surface area (Å²) in [5.74, 6) is -0.477. The molecule has 0 aromatic heterocycles. The maximum atomic E-state index is 13.1. The summed E-state index contributed by atoms with van der Waals surface area (Å²) >= 11 is 0. The van der Waals surface area contributed by atoms with E-state index in [1.165, 1.54) is 12.1 Å². The van der Waals surface area contributed by atoms with Gasteiger partial charge in [0, 0.05) is 5.56 Å². The zero-order valence-electron chi connectivity index (χ0n) is 9.77. The van der Waals surface area contributed by atoms with E-state index in [1.807, 2.05) is 31.2 Å². The molecule has 0 aliphatic rings. The summed E-state index contributed by atoms with van der Waals surface area (Å²) in [6.07, 6.45) is -1.21. The quantitative estimate of drug-likeness (QED) is 0.843. The van der Waals surface area contributed by atoms with Gasteiger partial charge in [-0.25, -0.2) is 9.18 Å². The molecule has 0 aliphatic heterocycles. The van der Waals surface area contributed by atoms with Gasteiger partial charge in [-0.3, -0.25) is 5.32 Å². The number of halogens is 1. The second kappa shape index (κ2) is 4.87. The Morgan fingerprint density at radius 1 is 1.17 bits per heavy atom. The van der Waals surface area contributed by atoms with Gasteiger partial charge in [0.25, 0.3) is 0 Å². The SMILES string of the molecule is Cc1ccc(-c2ccc(F)cc2NC(=O)O)cc1. The van der Waals surface area contributed by atoms with E-state index in [0.29, 0.717) is 5.56 Å². The fraction of sp³-hybridized carbons (Fsp3) is 0.0714. The van der Waals surface area contributed by atoms with Gasteiger partial charge in [0.2, 0.25) is 0 Å². The Hall–Kier alpha value is -2.36. The molecule has 0 atom stereocenters. The van der Waals surface area contributed by atoms with Gasteiger partial charge in [-0.2, -0.15) is 0 Å². The normalized spacial score (nSPS) is 10.1. The van der Waals surface area contributed by atoms with Gasteiger partial charge in [0.05, 0.1) is 5.69 Å². The van der Waals surface area contributed by atoms with E-state index in [0.717, 1.165) is 11.1 Å². The van der Waals surface area contributed by atoms with Crippen molar-refractivity contribution >= 4 is 11.8 Å². The van der Waals surface area contributed by atoms with Crippen LogP contribution < -0.4 is 5.32 Å². The number of hydrogen-bond donors (Lipinski definition) is 2. The van der Waals surface area contributed by atoms with Crippen molar-refractivity contribution in [3.63, 3.8) is 0 Å². The molecule has 0 unspecified atom stereocenters. The van der Waals surface area contributed by atoms with Crippen molar-refractivity contribution < 1.29 is 14.3 Å². The van der Waals surface area contributed by atoms with E-state index < -0.39 is 11.9 Å². The van der Waals surface area contributed by atoms with E-state index in [9.17, 15) is 9.18 Å². The van der Waals surface area contributed by atoms with Gasteiger partial charge in [-0.15, -0.1) is 0 Å². The van der Waals surface area contributed by atoms with E-state index in [4.69, 9.17) is 5.11 Å². The number of benzene rings is 2. The maximum Gasteiger partial charge on any atom is 0.409 e. The van der Waals surface area contributed by atoms with Crippen molar-refractivity contribution in [2.45, 2.75) is 6.92 Å². The van der Waals surface area contributed by atoms with Gasteiger partial charge in [-0.1, -0.05) is 29.8 Å². The minimum Gasteiger partial charge on any atom is -0.465 e. The van der Waals surface area contributed by atoms with Crippen LogP contribution in [0.3, 0.4) is 0 Å². The molecule has 2 rings (SSSR count). The van der Waals surface area contributed by atoms with Crippen molar-refractivity contribution in [1.29, 1.82) is 0 Å². The highest BCUT2D eigenvalue weighted by Crippen LogP contribution is 2.28. The molecule has 1 amide bonds. The van der Waals surface area contributed by atoms with Crippen LogP contribution in [0.25, 0.3) is 11.1 Å². The molecule has 92 valence electrons. The molecule has 2 N–H and O–H groups in total. The number of carbonyl (C=O) groups is 1. The van der Waals surface area contributed by atoms with Crippen LogP contribution in [-0.4, -0.2) is 11.2 Å². The number of rotatable bonds is 2. The molecule has 0 saturated heterocycles. The second-order valence-corrected chi connectivity index (χ2v) is 3.99. The highest BCUT2D eigenvalue weighted by atomic mass is 19.1. The molecule has 0 bridgehead atoms. The predicted octanol–water partition coefficient (Wildman–Crippen LogP) is 3.89. The minimum absolute atomic E-state index is 0.242. The molecule has 3 nitrogen and oxygen atoms in total. The monoisotopic (exact) mass is 245 g/mol.